The van der Waals surface area contributed by atoms with E-state index in [1.54, 1.807) is 0 Å². The zero-order valence-electron chi connectivity index (χ0n) is 23.1. The van der Waals surface area contributed by atoms with Crippen molar-refractivity contribution in [3.05, 3.63) is 52.6 Å². The summed E-state index contributed by atoms with van der Waals surface area (Å²) in [5, 5.41) is 25.4. The van der Waals surface area contributed by atoms with Gasteiger partial charge in [0, 0.05) is 24.2 Å². The summed E-state index contributed by atoms with van der Waals surface area (Å²) in [6, 6.07) is 10.1. The van der Waals surface area contributed by atoms with Crippen LogP contribution in [0.1, 0.15) is 48.9 Å². The molecule has 0 aliphatic rings. The molecule has 0 bridgehead atoms. The minimum Gasteiger partial charge on any atom is -0.490 e. The highest BCUT2D eigenvalue weighted by Gasteiger charge is 2.16. The van der Waals surface area contributed by atoms with Gasteiger partial charge < -0.3 is 24.8 Å². The molecule has 9 nitrogen and oxygen atoms in total. The molecule has 3 aromatic rings. The fraction of sp³-hybridized carbons (Fsp3) is 0.483. The van der Waals surface area contributed by atoms with Gasteiger partial charge >= 0.3 is 0 Å². The zero-order chi connectivity index (χ0) is 27.7. The Morgan fingerprint density at radius 1 is 1.11 bits per heavy atom. The van der Waals surface area contributed by atoms with E-state index in [2.05, 4.69) is 53.3 Å². The average Bonchev–Trinajstić information content (AvgIpc) is 3.40. The van der Waals surface area contributed by atoms with Crippen LogP contribution in [0, 0.1) is 20.8 Å². The number of hydrogen-bond donors (Lipinski definition) is 3. The second-order valence-corrected chi connectivity index (χ2v) is 9.65. The Balaban J connectivity index is 1.69. The summed E-state index contributed by atoms with van der Waals surface area (Å²) in [5.74, 6) is 1.06. The lowest BCUT2D eigenvalue weighted by Gasteiger charge is -2.21. The Hall–Kier alpha value is -3.27. The zero-order valence-corrected chi connectivity index (χ0v) is 23.1. The molecular formula is C29H40N4O5. The number of aryl methyl sites for hydroxylation is 3. The number of ether oxygens (including phenoxy) is 1. The molecular weight excluding hydrogens is 484 g/mol. The number of rotatable bonds is 14. The number of nitrogens with one attached hydrogen (secondary N) is 1. The minimum absolute atomic E-state index is 0.00260. The number of aliphatic hydroxyl groups is 2. The number of aliphatic hydroxyl groups excluding tert-OH is 2. The van der Waals surface area contributed by atoms with Gasteiger partial charge in [-0.3, -0.25) is 9.69 Å². The summed E-state index contributed by atoms with van der Waals surface area (Å²) in [4.78, 5) is 18.2. The van der Waals surface area contributed by atoms with Crippen molar-refractivity contribution in [1.82, 2.24) is 20.4 Å². The monoisotopic (exact) mass is 524 g/mol. The molecule has 3 N–H and O–H groups in total. The van der Waals surface area contributed by atoms with E-state index in [0.29, 0.717) is 17.5 Å². The van der Waals surface area contributed by atoms with Gasteiger partial charge in [-0.25, -0.2) is 0 Å². The first kappa shape index (κ1) is 29.3. The lowest BCUT2D eigenvalue weighted by atomic mass is 10.0. The lowest BCUT2D eigenvalue weighted by molar-refractivity contribution is -0.124. The van der Waals surface area contributed by atoms with Crippen molar-refractivity contribution in [3.63, 3.8) is 0 Å². The summed E-state index contributed by atoms with van der Waals surface area (Å²) in [7, 11) is 0. The molecule has 0 fully saturated rings. The second-order valence-electron chi connectivity index (χ2n) is 9.65. The molecule has 3 rings (SSSR count). The number of unbranched alkanes of at least 4 members (excludes halogenated alkanes) is 1. The third-order valence-corrected chi connectivity index (χ3v) is 6.50. The highest BCUT2D eigenvalue weighted by atomic mass is 16.5. The maximum absolute atomic E-state index is 11.1. The van der Waals surface area contributed by atoms with Gasteiger partial charge in [0.1, 0.15) is 25.1 Å². The van der Waals surface area contributed by atoms with E-state index in [0.717, 1.165) is 41.9 Å². The standard InChI is InChI=1S/C29H40N4O5/c1-6-8-11-33(7-2)16-23-10-9-22(12-19(23)3)29-31-28(32-38-29)24-13-20(4)27(21(5)14-24)37-18-25(35)15-30-26(36)17-34/h9-10,12-14,25,34-35H,6-8,11,15-18H2,1-5H3,(H,30,36)/t25-/m0/s1. The molecule has 0 spiro atoms. The molecule has 1 heterocycles. The van der Waals surface area contributed by atoms with Crippen molar-refractivity contribution in [3.8, 4) is 28.6 Å². The molecule has 0 saturated carbocycles. The summed E-state index contributed by atoms with van der Waals surface area (Å²) < 4.78 is 11.4. The van der Waals surface area contributed by atoms with Gasteiger partial charge in [-0.15, -0.1) is 0 Å². The fourth-order valence-electron chi connectivity index (χ4n) is 4.27. The molecule has 38 heavy (non-hydrogen) atoms. The summed E-state index contributed by atoms with van der Waals surface area (Å²) in [5.41, 5.74) is 5.92. The Kier molecular flexibility index (Phi) is 10.8. The van der Waals surface area contributed by atoms with E-state index in [1.165, 1.54) is 24.0 Å². The van der Waals surface area contributed by atoms with Crippen molar-refractivity contribution in [2.45, 2.75) is 60.1 Å². The molecule has 1 amide bonds. The number of nitrogens with zero attached hydrogens (tertiary/aromatic N) is 3. The average molecular weight is 525 g/mol. The maximum Gasteiger partial charge on any atom is 0.258 e. The summed E-state index contributed by atoms with van der Waals surface area (Å²) in [6.45, 7) is 12.8. The first-order valence-electron chi connectivity index (χ1n) is 13.2. The minimum atomic E-state index is -0.903. The number of benzene rings is 2. The van der Waals surface area contributed by atoms with E-state index in [4.69, 9.17) is 14.4 Å². The van der Waals surface area contributed by atoms with Crippen molar-refractivity contribution < 1.29 is 24.3 Å². The fourth-order valence-corrected chi connectivity index (χ4v) is 4.27. The van der Waals surface area contributed by atoms with Crippen LogP contribution in [-0.2, 0) is 11.3 Å². The Morgan fingerprint density at radius 2 is 1.82 bits per heavy atom. The van der Waals surface area contributed by atoms with Gasteiger partial charge in [0.05, 0.1) is 0 Å². The molecule has 0 radical (unpaired) electrons. The van der Waals surface area contributed by atoms with E-state index >= 15 is 0 Å². The molecule has 206 valence electrons. The predicted molar refractivity (Wildman–Crippen MR) is 147 cm³/mol. The first-order valence-corrected chi connectivity index (χ1v) is 13.2. The molecule has 0 saturated heterocycles. The van der Waals surface area contributed by atoms with Crippen molar-refractivity contribution in [2.24, 2.45) is 0 Å². The molecule has 0 unspecified atom stereocenters. The third-order valence-electron chi connectivity index (χ3n) is 6.50. The van der Waals surface area contributed by atoms with Crippen LogP contribution in [0.2, 0.25) is 0 Å². The molecule has 0 aliphatic carbocycles. The smallest absolute Gasteiger partial charge is 0.258 e. The first-order chi connectivity index (χ1) is 18.2. The van der Waals surface area contributed by atoms with Crippen LogP contribution < -0.4 is 10.1 Å². The molecule has 1 aromatic heterocycles. The topological polar surface area (TPSA) is 121 Å². The van der Waals surface area contributed by atoms with Gasteiger partial charge in [0.2, 0.25) is 11.7 Å². The molecule has 0 aliphatic heterocycles. The quantitative estimate of drug-likeness (QED) is 0.291. The van der Waals surface area contributed by atoms with Crippen LogP contribution in [0.15, 0.2) is 34.9 Å². The van der Waals surface area contributed by atoms with Crippen LogP contribution in [0.25, 0.3) is 22.8 Å². The van der Waals surface area contributed by atoms with Crippen LogP contribution in [0.5, 0.6) is 5.75 Å². The molecule has 2 aromatic carbocycles. The van der Waals surface area contributed by atoms with Crippen LogP contribution in [-0.4, -0.2) is 70.1 Å². The third kappa shape index (κ3) is 7.86. The van der Waals surface area contributed by atoms with Crippen molar-refractivity contribution in [2.75, 3.05) is 32.8 Å². The Morgan fingerprint density at radius 3 is 2.45 bits per heavy atom. The van der Waals surface area contributed by atoms with Gasteiger partial charge in [0.25, 0.3) is 5.89 Å². The Labute approximate surface area is 224 Å². The summed E-state index contributed by atoms with van der Waals surface area (Å²) in [6.07, 6.45) is 1.49. The molecule has 1 atom stereocenters. The van der Waals surface area contributed by atoms with Gasteiger partial charge in [0.15, 0.2) is 0 Å². The van der Waals surface area contributed by atoms with Crippen molar-refractivity contribution in [1.29, 1.82) is 0 Å². The number of aromatic nitrogens is 2. The number of hydrogen-bond acceptors (Lipinski definition) is 8. The number of carbonyl (C=O) groups is 1. The number of amides is 1. The molecule has 9 heteroatoms. The maximum atomic E-state index is 11.1. The van der Waals surface area contributed by atoms with Crippen molar-refractivity contribution >= 4 is 5.91 Å². The van der Waals surface area contributed by atoms with E-state index in [1.807, 2.05) is 32.0 Å². The van der Waals surface area contributed by atoms with Gasteiger partial charge in [-0.2, -0.15) is 4.98 Å². The normalized spacial score (nSPS) is 12.1. The van der Waals surface area contributed by atoms with E-state index in [-0.39, 0.29) is 13.2 Å². The van der Waals surface area contributed by atoms with Gasteiger partial charge in [-0.1, -0.05) is 31.5 Å². The van der Waals surface area contributed by atoms with Gasteiger partial charge in [-0.05, 0) is 86.8 Å². The lowest BCUT2D eigenvalue weighted by Crippen LogP contribution is -2.36. The predicted octanol–water partition coefficient (Wildman–Crippen LogP) is 3.80. The largest absolute Gasteiger partial charge is 0.490 e. The van der Waals surface area contributed by atoms with Crippen LogP contribution >= 0.6 is 0 Å². The van der Waals surface area contributed by atoms with Crippen LogP contribution in [0.3, 0.4) is 0 Å². The number of carbonyl (C=O) groups excluding carboxylic acids is 1. The van der Waals surface area contributed by atoms with E-state index < -0.39 is 18.6 Å². The second kappa shape index (κ2) is 14.0. The Bertz CT molecular complexity index is 1190. The SMILES string of the molecule is CCCCN(CC)Cc1ccc(-c2nc(-c3cc(C)c(OC[C@@H](O)CNC(=O)CO)c(C)c3)no2)cc1C. The van der Waals surface area contributed by atoms with Crippen LogP contribution in [0.4, 0.5) is 0 Å². The van der Waals surface area contributed by atoms with E-state index in [9.17, 15) is 9.90 Å². The highest BCUT2D eigenvalue weighted by molar-refractivity contribution is 5.76. The highest BCUT2D eigenvalue weighted by Crippen LogP contribution is 2.31. The summed E-state index contributed by atoms with van der Waals surface area (Å²) >= 11 is 0.